The van der Waals surface area contributed by atoms with Gasteiger partial charge in [0.25, 0.3) is 0 Å². The highest BCUT2D eigenvalue weighted by atomic mass is 32.1. The Morgan fingerprint density at radius 3 is 2.47 bits per heavy atom. The first kappa shape index (κ1) is 13.5. The maximum atomic E-state index is 6.30. The summed E-state index contributed by atoms with van der Waals surface area (Å²) in [6.07, 6.45) is 2.87. The van der Waals surface area contributed by atoms with E-state index in [1.54, 1.807) is 0 Å². The Morgan fingerprint density at radius 2 is 1.89 bits per heavy atom. The van der Waals surface area contributed by atoms with Crippen molar-refractivity contribution in [3.63, 3.8) is 0 Å². The first-order valence-electron chi connectivity index (χ1n) is 7.30. The third-order valence-corrected chi connectivity index (χ3v) is 6.63. The highest BCUT2D eigenvalue weighted by molar-refractivity contribution is 7.81. The zero-order chi connectivity index (χ0) is 13.7. The lowest BCUT2D eigenvalue weighted by Crippen LogP contribution is -2.40. The van der Waals surface area contributed by atoms with E-state index >= 15 is 0 Å². The molecule has 1 aromatic carbocycles. The fourth-order valence-electron chi connectivity index (χ4n) is 4.30. The highest BCUT2D eigenvalue weighted by Crippen LogP contribution is 2.67. The summed E-state index contributed by atoms with van der Waals surface area (Å²) in [4.78, 5) is 0. The van der Waals surface area contributed by atoms with Crippen LogP contribution in [0.3, 0.4) is 0 Å². The van der Waals surface area contributed by atoms with Gasteiger partial charge in [0.05, 0.1) is 12.7 Å². The van der Waals surface area contributed by atoms with E-state index in [0.29, 0.717) is 23.2 Å². The zero-order valence-corrected chi connectivity index (χ0v) is 13.0. The van der Waals surface area contributed by atoms with Crippen molar-refractivity contribution in [2.45, 2.75) is 51.6 Å². The van der Waals surface area contributed by atoms with Gasteiger partial charge in [-0.1, -0.05) is 51.1 Å². The van der Waals surface area contributed by atoms with Gasteiger partial charge in [-0.3, -0.25) is 0 Å². The number of thiol groups is 1. The third kappa shape index (κ3) is 1.87. The van der Waals surface area contributed by atoms with Crippen LogP contribution in [0.15, 0.2) is 30.3 Å². The molecule has 19 heavy (non-hydrogen) atoms. The van der Waals surface area contributed by atoms with Crippen LogP contribution in [0, 0.1) is 16.7 Å². The lowest BCUT2D eigenvalue weighted by atomic mass is 9.70. The molecule has 0 aromatic heterocycles. The summed E-state index contributed by atoms with van der Waals surface area (Å²) >= 11 is 4.88. The summed E-state index contributed by atoms with van der Waals surface area (Å²) in [6.45, 7) is 7.92. The Kier molecular flexibility index (Phi) is 3.22. The van der Waals surface area contributed by atoms with Crippen LogP contribution >= 0.6 is 12.6 Å². The molecule has 4 atom stereocenters. The van der Waals surface area contributed by atoms with Crippen molar-refractivity contribution in [3.8, 4) is 0 Å². The maximum absolute atomic E-state index is 6.30. The van der Waals surface area contributed by atoms with E-state index in [1.807, 2.05) is 6.07 Å². The first-order chi connectivity index (χ1) is 8.97. The monoisotopic (exact) mass is 276 g/mol. The summed E-state index contributed by atoms with van der Waals surface area (Å²) in [5, 5.41) is 0.387. The average molecular weight is 276 g/mol. The molecule has 2 aliphatic rings. The molecule has 2 bridgehead atoms. The summed E-state index contributed by atoms with van der Waals surface area (Å²) in [6, 6.07) is 10.5. The van der Waals surface area contributed by atoms with Gasteiger partial charge >= 0.3 is 0 Å². The van der Waals surface area contributed by atoms with Crippen molar-refractivity contribution < 1.29 is 4.74 Å². The molecule has 0 saturated heterocycles. The zero-order valence-electron chi connectivity index (χ0n) is 12.1. The van der Waals surface area contributed by atoms with Crippen LogP contribution in [0.1, 0.15) is 39.2 Å². The molecule has 2 saturated carbocycles. The molecule has 0 heterocycles. The minimum atomic E-state index is 0.277. The molecule has 1 aromatic rings. The second-order valence-electron chi connectivity index (χ2n) is 6.99. The van der Waals surface area contributed by atoms with Gasteiger partial charge in [-0.15, -0.1) is 0 Å². The second kappa shape index (κ2) is 4.53. The quantitative estimate of drug-likeness (QED) is 0.809. The van der Waals surface area contributed by atoms with Crippen LogP contribution in [0.2, 0.25) is 0 Å². The number of hydrogen-bond acceptors (Lipinski definition) is 2. The van der Waals surface area contributed by atoms with Crippen molar-refractivity contribution >= 4 is 12.6 Å². The summed E-state index contributed by atoms with van der Waals surface area (Å²) in [7, 11) is 0. The Labute approximate surface area is 122 Å². The van der Waals surface area contributed by atoms with Gasteiger partial charge in [0, 0.05) is 10.7 Å². The normalized spacial score (nSPS) is 39.7. The van der Waals surface area contributed by atoms with E-state index < -0.39 is 0 Å². The van der Waals surface area contributed by atoms with Crippen LogP contribution in [-0.4, -0.2) is 11.4 Å². The number of ether oxygens (including phenoxy) is 1. The SMILES string of the molecule is CC1(C)[C@@H]2CC[C@@]1(C)[C@H](OCc1ccccc1)[C@@H]2S. The molecule has 0 amide bonds. The summed E-state index contributed by atoms with van der Waals surface area (Å²) in [5.74, 6) is 0.696. The molecule has 1 nitrogen and oxygen atoms in total. The van der Waals surface area contributed by atoms with Gasteiger partial charge in [-0.25, -0.2) is 0 Å². The van der Waals surface area contributed by atoms with E-state index in [9.17, 15) is 0 Å². The largest absolute Gasteiger partial charge is 0.372 e. The molecule has 2 aliphatic carbocycles. The van der Waals surface area contributed by atoms with Gasteiger partial charge < -0.3 is 4.74 Å². The Balaban J connectivity index is 1.76. The number of hydrogen-bond donors (Lipinski definition) is 1. The van der Waals surface area contributed by atoms with Crippen LogP contribution in [0.5, 0.6) is 0 Å². The Bertz CT molecular complexity index is 456. The topological polar surface area (TPSA) is 9.23 Å². The van der Waals surface area contributed by atoms with Gasteiger partial charge in [-0.2, -0.15) is 12.6 Å². The fraction of sp³-hybridized carbons (Fsp3) is 0.647. The molecular formula is C17H24OS. The van der Waals surface area contributed by atoms with Crippen LogP contribution in [0.4, 0.5) is 0 Å². The minimum absolute atomic E-state index is 0.277. The van der Waals surface area contributed by atoms with E-state index in [0.717, 1.165) is 0 Å². The van der Waals surface area contributed by atoms with Crippen LogP contribution in [-0.2, 0) is 11.3 Å². The smallest absolute Gasteiger partial charge is 0.0757 e. The predicted molar refractivity (Wildman–Crippen MR) is 82.4 cm³/mol. The molecule has 0 N–H and O–H groups in total. The number of benzene rings is 1. The Hall–Kier alpha value is -0.470. The molecular weight excluding hydrogens is 252 g/mol. The van der Waals surface area contributed by atoms with Crippen molar-refractivity contribution in [2.24, 2.45) is 16.7 Å². The molecule has 0 radical (unpaired) electrons. The van der Waals surface area contributed by atoms with Crippen LogP contribution < -0.4 is 0 Å². The fourth-order valence-corrected chi connectivity index (χ4v) is 5.24. The molecule has 3 rings (SSSR count). The van der Waals surface area contributed by atoms with Gasteiger partial charge in [-0.05, 0) is 29.7 Å². The van der Waals surface area contributed by atoms with Crippen molar-refractivity contribution in [3.05, 3.63) is 35.9 Å². The standard InChI is InChI=1S/C17H24OS/c1-16(2)13-9-10-17(16,3)15(14(13)19)18-11-12-7-5-4-6-8-12/h4-8,13-15,19H,9-11H2,1-3H3/t13-,14-,15-,17+/m1/s1. The molecule has 0 spiro atoms. The van der Waals surface area contributed by atoms with Crippen LogP contribution in [0.25, 0.3) is 0 Å². The van der Waals surface area contributed by atoms with E-state index in [2.05, 4.69) is 45.0 Å². The lowest BCUT2D eigenvalue weighted by molar-refractivity contribution is -0.0524. The van der Waals surface area contributed by atoms with E-state index in [1.165, 1.54) is 18.4 Å². The second-order valence-corrected chi connectivity index (χ2v) is 7.59. The van der Waals surface area contributed by atoms with Gasteiger partial charge in [0.2, 0.25) is 0 Å². The predicted octanol–water partition coefficient (Wildman–Crippen LogP) is 4.33. The molecule has 2 fully saturated rings. The maximum Gasteiger partial charge on any atom is 0.0757 e. The lowest BCUT2D eigenvalue weighted by Gasteiger charge is -2.39. The molecule has 104 valence electrons. The van der Waals surface area contributed by atoms with Gasteiger partial charge in [0.15, 0.2) is 0 Å². The van der Waals surface area contributed by atoms with Crippen molar-refractivity contribution in [2.75, 3.05) is 0 Å². The van der Waals surface area contributed by atoms with E-state index in [-0.39, 0.29) is 11.5 Å². The van der Waals surface area contributed by atoms with Gasteiger partial charge in [0.1, 0.15) is 0 Å². The van der Waals surface area contributed by atoms with Crippen molar-refractivity contribution in [1.82, 2.24) is 0 Å². The minimum Gasteiger partial charge on any atom is -0.372 e. The molecule has 0 unspecified atom stereocenters. The molecule has 0 aliphatic heterocycles. The number of fused-ring (bicyclic) bond motifs is 2. The molecule has 2 heteroatoms. The van der Waals surface area contributed by atoms with E-state index in [4.69, 9.17) is 17.4 Å². The first-order valence-corrected chi connectivity index (χ1v) is 7.82. The summed E-state index contributed by atoms with van der Waals surface area (Å²) in [5.41, 5.74) is 1.88. The highest BCUT2D eigenvalue weighted by Gasteiger charge is 2.65. The number of rotatable bonds is 3. The third-order valence-electron chi connectivity index (χ3n) is 6.00. The van der Waals surface area contributed by atoms with Crippen molar-refractivity contribution in [1.29, 1.82) is 0 Å². The Morgan fingerprint density at radius 1 is 1.21 bits per heavy atom. The average Bonchev–Trinajstić information content (AvgIpc) is 2.69. The summed E-state index contributed by atoms with van der Waals surface area (Å²) < 4.78 is 6.30.